The van der Waals surface area contributed by atoms with E-state index in [2.05, 4.69) is 24.8 Å². The molecule has 0 unspecified atom stereocenters. The summed E-state index contributed by atoms with van der Waals surface area (Å²) in [5.41, 5.74) is 7.06. The highest BCUT2D eigenvalue weighted by atomic mass is 19.1. The van der Waals surface area contributed by atoms with Gasteiger partial charge < -0.3 is 5.11 Å². The van der Waals surface area contributed by atoms with Crippen molar-refractivity contribution in [1.29, 1.82) is 0 Å². The van der Waals surface area contributed by atoms with Crippen molar-refractivity contribution in [3.8, 4) is 0 Å². The highest BCUT2D eigenvalue weighted by Gasteiger charge is 2.12. The first-order valence-electron chi connectivity index (χ1n) is 12.5. The van der Waals surface area contributed by atoms with Crippen LogP contribution in [-0.4, -0.2) is 16.9 Å². The molecule has 0 atom stereocenters. The number of benzene rings is 2. The number of rotatable bonds is 12. The number of halogens is 1. The fraction of sp³-hybridized carbons (Fsp3) is 0.273. The van der Waals surface area contributed by atoms with E-state index in [-0.39, 0.29) is 17.2 Å². The molecule has 0 aliphatic carbocycles. The first kappa shape index (κ1) is 29.4. The highest BCUT2D eigenvalue weighted by molar-refractivity contribution is 5.96. The van der Waals surface area contributed by atoms with Crippen molar-refractivity contribution in [3.05, 3.63) is 129 Å². The Morgan fingerprint density at radius 1 is 0.973 bits per heavy atom. The zero-order chi connectivity index (χ0) is 27.5. The molecule has 2 aromatic carbocycles. The molecule has 4 heteroatoms. The Morgan fingerprint density at radius 2 is 1.68 bits per heavy atom. The van der Waals surface area contributed by atoms with Crippen LogP contribution in [0, 0.1) is 19.7 Å². The average molecular weight is 501 g/mol. The zero-order valence-corrected chi connectivity index (χ0v) is 22.5. The molecule has 0 aromatic heterocycles. The van der Waals surface area contributed by atoms with Crippen molar-refractivity contribution in [1.82, 2.24) is 0 Å². The number of hydrogen-bond donors (Lipinski definition) is 1. The van der Waals surface area contributed by atoms with Crippen molar-refractivity contribution in [2.24, 2.45) is 0 Å². The van der Waals surface area contributed by atoms with Gasteiger partial charge in [0.05, 0.1) is 5.57 Å². The van der Waals surface area contributed by atoms with Gasteiger partial charge in [-0.15, -0.1) is 0 Å². The third kappa shape index (κ3) is 8.98. The van der Waals surface area contributed by atoms with Crippen LogP contribution in [0.4, 0.5) is 4.39 Å². The number of aryl methyl sites for hydroxylation is 4. The normalized spacial score (nSPS) is 12.8. The van der Waals surface area contributed by atoms with E-state index in [9.17, 15) is 19.1 Å². The van der Waals surface area contributed by atoms with E-state index in [4.69, 9.17) is 0 Å². The number of carboxylic acids is 1. The summed E-state index contributed by atoms with van der Waals surface area (Å²) in [6.07, 6.45) is 10.8. The summed E-state index contributed by atoms with van der Waals surface area (Å²) < 4.78 is 14.6. The van der Waals surface area contributed by atoms with E-state index < -0.39 is 5.97 Å². The van der Waals surface area contributed by atoms with Crippen LogP contribution in [0.1, 0.15) is 66.2 Å². The molecule has 37 heavy (non-hydrogen) atoms. The minimum atomic E-state index is -0.994. The van der Waals surface area contributed by atoms with Gasteiger partial charge in [0.2, 0.25) is 0 Å². The molecule has 0 aliphatic rings. The summed E-state index contributed by atoms with van der Waals surface area (Å²) in [6.45, 7) is 13.5. The Kier molecular flexibility index (Phi) is 11.2. The lowest BCUT2D eigenvalue weighted by Gasteiger charge is -2.10. The van der Waals surface area contributed by atoms with Crippen LogP contribution in [0.3, 0.4) is 0 Å². The number of carbonyl (C=O) groups excluding carboxylic acids is 1. The van der Waals surface area contributed by atoms with Gasteiger partial charge in [-0.3, -0.25) is 4.79 Å². The first-order chi connectivity index (χ1) is 17.5. The predicted molar refractivity (Wildman–Crippen MR) is 150 cm³/mol. The molecule has 0 saturated carbocycles. The number of carboxylic acid groups (broad SMARTS) is 1. The molecule has 2 aromatic rings. The summed E-state index contributed by atoms with van der Waals surface area (Å²) in [5, 5.41) is 9.25. The van der Waals surface area contributed by atoms with Gasteiger partial charge in [0, 0.05) is 12.0 Å². The molecule has 0 spiro atoms. The van der Waals surface area contributed by atoms with Crippen LogP contribution >= 0.6 is 0 Å². The number of carbonyl (C=O) groups is 2. The van der Waals surface area contributed by atoms with Crippen LogP contribution in [0.5, 0.6) is 0 Å². The molecule has 0 fully saturated rings. The molecular formula is C33H37FO3. The molecule has 0 radical (unpaired) electrons. The van der Waals surface area contributed by atoms with E-state index in [1.165, 1.54) is 17.7 Å². The minimum Gasteiger partial charge on any atom is -0.478 e. The largest absolute Gasteiger partial charge is 0.478 e. The maximum absolute atomic E-state index is 14.6. The van der Waals surface area contributed by atoms with E-state index in [1.807, 2.05) is 45.9 Å². The summed E-state index contributed by atoms with van der Waals surface area (Å²) in [6, 6.07) is 10.8. The lowest BCUT2D eigenvalue weighted by atomic mass is 9.95. The van der Waals surface area contributed by atoms with Crippen LogP contribution in [-0.2, 0) is 17.6 Å². The molecule has 0 amide bonds. The van der Waals surface area contributed by atoms with Gasteiger partial charge in [0.25, 0.3) is 0 Å². The fourth-order valence-electron chi connectivity index (χ4n) is 4.03. The molecule has 2 rings (SSSR count). The Balaban J connectivity index is 2.15. The Morgan fingerprint density at radius 3 is 2.32 bits per heavy atom. The van der Waals surface area contributed by atoms with Crippen LogP contribution in [0.15, 0.2) is 95.6 Å². The molecule has 0 bridgehead atoms. The van der Waals surface area contributed by atoms with E-state index in [0.717, 1.165) is 22.3 Å². The van der Waals surface area contributed by atoms with E-state index >= 15 is 0 Å². The quantitative estimate of drug-likeness (QED) is 0.181. The molecule has 0 saturated heterocycles. The van der Waals surface area contributed by atoms with Crippen LogP contribution in [0.25, 0.3) is 0 Å². The number of aliphatic carboxylic acids is 1. The van der Waals surface area contributed by atoms with Gasteiger partial charge >= 0.3 is 5.97 Å². The Bertz CT molecular complexity index is 1290. The van der Waals surface area contributed by atoms with Crippen LogP contribution < -0.4 is 0 Å². The van der Waals surface area contributed by atoms with Gasteiger partial charge in [0.15, 0.2) is 5.78 Å². The van der Waals surface area contributed by atoms with E-state index in [1.54, 1.807) is 25.1 Å². The maximum Gasteiger partial charge on any atom is 0.335 e. The third-order valence-electron chi connectivity index (χ3n) is 6.35. The summed E-state index contributed by atoms with van der Waals surface area (Å²) in [7, 11) is 0. The molecule has 0 aliphatic heterocycles. The monoisotopic (exact) mass is 500 g/mol. The standard InChI is InChI=1S/C33H37FO3/c1-7-9-26(19-24(5)25(6)20-27(8-2)33(36)37)12-13-29-21-30(14-16-31(29)34)32(35)17-15-28-18-22(3)10-11-23(28)4/h7-11,14,16,18-21H,5,12-13,15,17H2,1-4,6H3,(H,36,37)/b9-7-,25-20+,26-19+,27-8+. The number of allylic oxidation sites excluding steroid dienone is 7. The number of hydrogen-bond acceptors (Lipinski definition) is 2. The second-order valence-corrected chi connectivity index (χ2v) is 9.28. The SMILES string of the molecule is C=C(/C=C(\C=C/C)CCc1cc(C(=O)CCc2cc(C)ccc2C)ccc1F)/C(C)=C/C(=C\C)C(=O)O. The number of ketones is 1. The zero-order valence-electron chi connectivity index (χ0n) is 22.5. The Labute approximate surface area is 220 Å². The van der Waals surface area contributed by atoms with Gasteiger partial charge in [-0.2, -0.15) is 0 Å². The van der Waals surface area contributed by atoms with Gasteiger partial charge in [-0.1, -0.05) is 54.6 Å². The van der Waals surface area contributed by atoms with E-state index in [0.29, 0.717) is 42.4 Å². The fourth-order valence-corrected chi connectivity index (χ4v) is 4.03. The second kappa shape index (κ2) is 14.1. The lowest BCUT2D eigenvalue weighted by molar-refractivity contribution is -0.132. The molecule has 3 nitrogen and oxygen atoms in total. The van der Waals surface area contributed by atoms with Crippen LogP contribution in [0.2, 0.25) is 0 Å². The van der Waals surface area contributed by atoms with Gasteiger partial charge in [-0.25, -0.2) is 9.18 Å². The summed E-state index contributed by atoms with van der Waals surface area (Å²) >= 11 is 0. The summed E-state index contributed by atoms with van der Waals surface area (Å²) in [5.74, 6) is -1.33. The molecular weight excluding hydrogens is 463 g/mol. The van der Waals surface area contributed by atoms with Gasteiger partial charge in [-0.05, 0) is 112 Å². The summed E-state index contributed by atoms with van der Waals surface area (Å²) in [4.78, 5) is 24.2. The Hall–Kier alpha value is -3.79. The highest BCUT2D eigenvalue weighted by Crippen LogP contribution is 2.21. The third-order valence-corrected chi connectivity index (χ3v) is 6.35. The number of Topliss-reactive ketones (excluding diaryl/α,β-unsaturated/α-hetero) is 1. The first-order valence-corrected chi connectivity index (χ1v) is 12.5. The molecule has 0 heterocycles. The van der Waals surface area contributed by atoms with Gasteiger partial charge in [0.1, 0.15) is 5.82 Å². The topological polar surface area (TPSA) is 54.4 Å². The predicted octanol–water partition coefficient (Wildman–Crippen LogP) is 8.23. The van der Waals surface area contributed by atoms with Crippen molar-refractivity contribution >= 4 is 11.8 Å². The minimum absolute atomic E-state index is 0.00118. The van der Waals surface area contributed by atoms with Crippen molar-refractivity contribution in [3.63, 3.8) is 0 Å². The van der Waals surface area contributed by atoms with Crippen molar-refractivity contribution in [2.75, 3.05) is 0 Å². The average Bonchev–Trinajstić information content (AvgIpc) is 2.86. The molecule has 1 N–H and O–H groups in total. The van der Waals surface area contributed by atoms with Crippen molar-refractivity contribution in [2.45, 2.75) is 60.3 Å². The molecule has 194 valence electrons. The smallest absolute Gasteiger partial charge is 0.335 e. The lowest BCUT2D eigenvalue weighted by Crippen LogP contribution is -2.04. The maximum atomic E-state index is 14.6. The van der Waals surface area contributed by atoms with Crippen molar-refractivity contribution < 1.29 is 19.1 Å². The second-order valence-electron chi connectivity index (χ2n) is 9.28.